The molecule has 4 heteroatoms. The van der Waals surface area contributed by atoms with Gasteiger partial charge < -0.3 is 10.6 Å². The van der Waals surface area contributed by atoms with Gasteiger partial charge in [0.15, 0.2) is 0 Å². The number of amides is 1. The highest BCUT2D eigenvalue weighted by atomic mass is 35.5. The molecule has 1 heterocycles. The summed E-state index contributed by atoms with van der Waals surface area (Å²) in [6.07, 6.45) is 3.57. The Kier molecular flexibility index (Phi) is 8.51. The summed E-state index contributed by atoms with van der Waals surface area (Å²) >= 11 is 6.12. The molecule has 2 rings (SSSR count). The molecule has 1 fully saturated rings. The van der Waals surface area contributed by atoms with Gasteiger partial charge in [0.2, 0.25) is 5.91 Å². The van der Waals surface area contributed by atoms with E-state index in [9.17, 15) is 4.79 Å². The third-order valence-corrected chi connectivity index (χ3v) is 4.46. The highest BCUT2D eigenvalue weighted by Gasteiger charge is 2.24. The first-order valence-electron chi connectivity index (χ1n) is 8.35. The largest absolute Gasteiger partial charge is 0.341 e. The minimum Gasteiger partial charge on any atom is -0.341 e. The minimum atomic E-state index is -0.417. The molecule has 0 bridgehead atoms. The Bertz CT molecular complexity index is 456. The molecule has 0 aromatic heterocycles. The highest BCUT2D eigenvalue weighted by molar-refractivity contribution is 6.31. The highest BCUT2D eigenvalue weighted by Crippen LogP contribution is 2.19. The van der Waals surface area contributed by atoms with Gasteiger partial charge in [-0.2, -0.15) is 0 Å². The van der Waals surface area contributed by atoms with Crippen molar-refractivity contribution >= 4 is 17.5 Å². The Morgan fingerprint density at radius 2 is 1.91 bits per heavy atom. The molecule has 1 aromatic rings. The van der Waals surface area contributed by atoms with Crippen molar-refractivity contribution < 1.29 is 4.79 Å². The number of hydrogen-bond donors (Lipinski definition) is 1. The predicted molar refractivity (Wildman–Crippen MR) is 94.1 cm³/mol. The molecule has 0 saturated carbocycles. The number of benzene rings is 1. The first-order chi connectivity index (χ1) is 10.6. The second-order valence-electron chi connectivity index (χ2n) is 5.74. The topological polar surface area (TPSA) is 46.3 Å². The zero-order chi connectivity index (χ0) is 16.5. The Morgan fingerprint density at radius 3 is 2.50 bits per heavy atom. The van der Waals surface area contributed by atoms with Crippen LogP contribution in [0.25, 0.3) is 0 Å². The van der Waals surface area contributed by atoms with Gasteiger partial charge in [-0.05, 0) is 43.2 Å². The predicted octanol–water partition coefficient (Wildman–Crippen LogP) is 3.88. The first-order valence-corrected chi connectivity index (χ1v) is 8.73. The van der Waals surface area contributed by atoms with E-state index in [1.807, 2.05) is 43.0 Å². The van der Waals surface area contributed by atoms with Gasteiger partial charge in [-0.1, -0.05) is 50.6 Å². The third-order valence-electron chi connectivity index (χ3n) is 4.10. The lowest BCUT2D eigenvalue weighted by molar-refractivity contribution is -0.134. The minimum absolute atomic E-state index is 0.0870. The van der Waals surface area contributed by atoms with Crippen LogP contribution in [0.3, 0.4) is 0 Å². The molecule has 1 unspecified atom stereocenters. The van der Waals surface area contributed by atoms with Crippen LogP contribution in [0.4, 0.5) is 0 Å². The van der Waals surface area contributed by atoms with Crippen molar-refractivity contribution in [3.05, 3.63) is 34.9 Å². The molecule has 1 aliphatic heterocycles. The van der Waals surface area contributed by atoms with E-state index >= 15 is 0 Å². The van der Waals surface area contributed by atoms with Crippen molar-refractivity contribution in [2.24, 2.45) is 11.7 Å². The average Bonchev–Trinajstić information content (AvgIpc) is 2.56. The van der Waals surface area contributed by atoms with E-state index in [2.05, 4.69) is 6.92 Å². The molecular formula is C18H29ClN2O. The Labute approximate surface area is 139 Å². The Hall–Kier alpha value is -1.06. The lowest BCUT2D eigenvalue weighted by atomic mass is 9.98. The number of nitrogens with zero attached hydrogens (tertiary/aromatic N) is 1. The zero-order valence-electron chi connectivity index (χ0n) is 14.0. The van der Waals surface area contributed by atoms with Crippen molar-refractivity contribution in [1.82, 2.24) is 4.90 Å². The zero-order valence-corrected chi connectivity index (χ0v) is 14.8. The molecule has 124 valence electrons. The van der Waals surface area contributed by atoms with Crippen LogP contribution < -0.4 is 5.73 Å². The van der Waals surface area contributed by atoms with Gasteiger partial charge in [-0.3, -0.25) is 4.79 Å². The van der Waals surface area contributed by atoms with Gasteiger partial charge in [0.05, 0.1) is 6.04 Å². The maximum absolute atomic E-state index is 12.3. The number of carbonyl (C=O) groups is 1. The van der Waals surface area contributed by atoms with E-state index in [0.29, 0.717) is 6.42 Å². The van der Waals surface area contributed by atoms with E-state index in [-0.39, 0.29) is 5.91 Å². The molecule has 1 amide bonds. The molecule has 0 spiro atoms. The van der Waals surface area contributed by atoms with Crippen LogP contribution in [0.5, 0.6) is 0 Å². The quantitative estimate of drug-likeness (QED) is 0.913. The molecular weight excluding hydrogens is 296 g/mol. The summed E-state index contributed by atoms with van der Waals surface area (Å²) in [7, 11) is 0. The van der Waals surface area contributed by atoms with Crippen LogP contribution in [0, 0.1) is 5.92 Å². The lowest BCUT2D eigenvalue weighted by Crippen LogP contribution is -2.47. The number of hydrogen-bond acceptors (Lipinski definition) is 2. The number of likely N-dealkylation sites (tertiary alicyclic amines) is 1. The van der Waals surface area contributed by atoms with E-state index in [4.69, 9.17) is 17.3 Å². The summed E-state index contributed by atoms with van der Waals surface area (Å²) in [6, 6.07) is 7.31. The Morgan fingerprint density at radius 1 is 1.32 bits per heavy atom. The van der Waals surface area contributed by atoms with Crippen LogP contribution in [-0.4, -0.2) is 29.9 Å². The van der Waals surface area contributed by atoms with Gasteiger partial charge >= 0.3 is 0 Å². The third kappa shape index (κ3) is 5.62. The molecule has 22 heavy (non-hydrogen) atoms. The van der Waals surface area contributed by atoms with E-state index in [0.717, 1.165) is 48.9 Å². The van der Waals surface area contributed by atoms with E-state index < -0.39 is 6.04 Å². The standard InChI is InChI=1S/C16H23ClN2O.C2H6/c1-12-8-10-19(11-9-12)16(20)15(18)7-6-13-4-2-3-5-14(13)17;1-2/h2-5,12,15H,6-11,18H2,1H3;1-2H3. The van der Waals surface area contributed by atoms with Gasteiger partial charge in [0.1, 0.15) is 0 Å². The van der Waals surface area contributed by atoms with Crippen LogP contribution >= 0.6 is 11.6 Å². The first kappa shape index (κ1) is 19.0. The van der Waals surface area contributed by atoms with Crippen molar-refractivity contribution in [1.29, 1.82) is 0 Å². The fourth-order valence-corrected chi connectivity index (χ4v) is 2.83. The second kappa shape index (κ2) is 9.86. The van der Waals surface area contributed by atoms with Gasteiger partial charge in [-0.25, -0.2) is 0 Å². The van der Waals surface area contributed by atoms with Gasteiger partial charge in [-0.15, -0.1) is 0 Å². The lowest BCUT2D eigenvalue weighted by Gasteiger charge is -2.32. The number of nitrogens with two attached hydrogens (primary N) is 1. The average molecular weight is 325 g/mol. The van der Waals surface area contributed by atoms with Crippen molar-refractivity contribution in [3.8, 4) is 0 Å². The summed E-state index contributed by atoms with van der Waals surface area (Å²) < 4.78 is 0. The number of aryl methyl sites for hydroxylation is 1. The number of rotatable bonds is 4. The molecule has 3 nitrogen and oxygen atoms in total. The van der Waals surface area contributed by atoms with Crippen LogP contribution in [0.15, 0.2) is 24.3 Å². The maximum Gasteiger partial charge on any atom is 0.239 e. The summed E-state index contributed by atoms with van der Waals surface area (Å²) in [5, 5.41) is 0.749. The summed E-state index contributed by atoms with van der Waals surface area (Å²) in [4.78, 5) is 14.2. The van der Waals surface area contributed by atoms with Crippen LogP contribution in [-0.2, 0) is 11.2 Å². The molecule has 1 atom stereocenters. The monoisotopic (exact) mass is 324 g/mol. The summed E-state index contributed by atoms with van der Waals surface area (Å²) in [6.45, 7) is 7.93. The van der Waals surface area contributed by atoms with Crippen LogP contribution in [0.1, 0.15) is 45.6 Å². The fraction of sp³-hybridized carbons (Fsp3) is 0.611. The number of carbonyl (C=O) groups excluding carboxylic acids is 1. The van der Waals surface area contributed by atoms with Gasteiger partial charge in [0.25, 0.3) is 0 Å². The van der Waals surface area contributed by atoms with Crippen molar-refractivity contribution in [3.63, 3.8) is 0 Å². The maximum atomic E-state index is 12.3. The van der Waals surface area contributed by atoms with Crippen molar-refractivity contribution in [2.75, 3.05) is 13.1 Å². The molecule has 0 aliphatic carbocycles. The Balaban J connectivity index is 0.00000116. The molecule has 1 aromatic carbocycles. The molecule has 1 saturated heterocycles. The number of piperidine rings is 1. The number of halogens is 1. The summed E-state index contributed by atoms with van der Waals surface area (Å²) in [5.74, 6) is 0.808. The van der Waals surface area contributed by atoms with Crippen LogP contribution in [0.2, 0.25) is 5.02 Å². The molecule has 0 radical (unpaired) electrons. The molecule has 2 N–H and O–H groups in total. The smallest absolute Gasteiger partial charge is 0.239 e. The second-order valence-corrected chi connectivity index (χ2v) is 6.15. The SMILES string of the molecule is CC.CC1CCN(C(=O)C(N)CCc2ccccc2Cl)CC1. The normalized spacial score (nSPS) is 16.7. The van der Waals surface area contributed by atoms with Gasteiger partial charge in [0, 0.05) is 18.1 Å². The fourth-order valence-electron chi connectivity index (χ4n) is 2.60. The van der Waals surface area contributed by atoms with Crippen molar-refractivity contribution in [2.45, 2.75) is 52.5 Å². The van der Waals surface area contributed by atoms with E-state index in [1.54, 1.807) is 0 Å². The molecule has 1 aliphatic rings. The summed E-state index contributed by atoms with van der Waals surface area (Å²) in [5.41, 5.74) is 7.11. The van der Waals surface area contributed by atoms with E-state index in [1.165, 1.54) is 0 Å².